The second-order valence-corrected chi connectivity index (χ2v) is 8.64. The van der Waals surface area contributed by atoms with Gasteiger partial charge >= 0.3 is 0 Å². The second kappa shape index (κ2) is 9.61. The molecule has 0 saturated carbocycles. The number of hydrogen-bond donors (Lipinski definition) is 1. The molecule has 162 valence electrons. The third-order valence-corrected chi connectivity index (χ3v) is 6.23. The van der Waals surface area contributed by atoms with E-state index in [1.807, 2.05) is 6.92 Å². The molecule has 0 spiro atoms. The molecule has 0 aliphatic heterocycles. The summed E-state index contributed by atoms with van der Waals surface area (Å²) in [5.74, 6) is -0.670. The molecule has 0 aromatic heterocycles. The minimum atomic E-state index is -4.07. The standard InChI is InChI=1S/C23H23FN2O4S/c1-3-30-22-7-5-4-6-21(22)26(31(28,29)20-14-8-17(2)9-15-20)16-23(27)25-19-12-10-18(24)11-13-19/h4-15H,3,16H2,1-2H3,(H,25,27). The monoisotopic (exact) mass is 442 g/mol. The Morgan fingerprint density at radius 3 is 2.29 bits per heavy atom. The Morgan fingerprint density at radius 1 is 1.00 bits per heavy atom. The summed E-state index contributed by atoms with van der Waals surface area (Å²) in [6.45, 7) is 3.49. The Bertz CT molecular complexity index is 1150. The molecule has 0 bridgehead atoms. The van der Waals surface area contributed by atoms with Crippen molar-refractivity contribution in [3.05, 3.63) is 84.2 Å². The SMILES string of the molecule is CCOc1ccccc1N(CC(=O)Nc1ccc(F)cc1)S(=O)(=O)c1ccc(C)cc1. The molecule has 0 saturated heterocycles. The van der Waals surface area contributed by atoms with Crippen LogP contribution in [-0.4, -0.2) is 27.5 Å². The summed E-state index contributed by atoms with van der Waals surface area (Å²) in [5.41, 5.74) is 1.52. The Morgan fingerprint density at radius 2 is 1.65 bits per heavy atom. The summed E-state index contributed by atoms with van der Waals surface area (Å²) in [6.07, 6.45) is 0. The highest BCUT2D eigenvalue weighted by Gasteiger charge is 2.29. The van der Waals surface area contributed by atoms with E-state index in [9.17, 15) is 17.6 Å². The molecule has 0 aliphatic rings. The van der Waals surface area contributed by atoms with E-state index in [1.54, 1.807) is 43.3 Å². The lowest BCUT2D eigenvalue weighted by atomic mass is 10.2. The number of rotatable bonds is 8. The first-order chi connectivity index (χ1) is 14.8. The number of para-hydroxylation sites is 2. The van der Waals surface area contributed by atoms with Crippen molar-refractivity contribution in [2.75, 3.05) is 22.8 Å². The van der Waals surface area contributed by atoms with E-state index in [-0.39, 0.29) is 10.6 Å². The van der Waals surface area contributed by atoms with Crippen LogP contribution in [0.2, 0.25) is 0 Å². The summed E-state index contributed by atoms with van der Waals surface area (Å²) in [7, 11) is -4.07. The molecule has 6 nitrogen and oxygen atoms in total. The van der Waals surface area contributed by atoms with Crippen molar-refractivity contribution < 1.29 is 22.3 Å². The fraction of sp³-hybridized carbons (Fsp3) is 0.174. The van der Waals surface area contributed by atoms with Gasteiger partial charge in [-0.05, 0) is 62.4 Å². The van der Waals surface area contributed by atoms with Gasteiger partial charge in [0, 0.05) is 5.69 Å². The minimum absolute atomic E-state index is 0.0546. The lowest BCUT2D eigenvalue weighted by molar-refractivity contribution is -0.114. The van der Waals surface area contributed by atoms with E-state index in [0.29, 0.717) is 18.0 Å². The van der Waals surface area contributed by atoms with Gasteiger partial charge in [-0.25, -0.2) is 12.8 Å². The third-order valence-electron chi connectivity index (χ3n) is 4.46. The molecule has 3 aromatic rings. The zero-order valence-electron chi connectivity index (χ0n) is 17.2. The number of carbonyl (C=O) groups is 1. The molecule has 3 rings (SSSR count). The number of aryl methyl sites for hydroxylation is 1. The highest BCUT2D eigenvalue weighted by atomic mass is 32.2. The number of ether oxygens (including phenoxy) is 1. The van der Waals surface area contributed by atoms with Gasteiger partial charge in [0.15, 0.2) is 0 Å². The van der Waals surface area contributed by atoms with Gasteiger partial charge in [-0.15, -0.1) is 0 Å². The lowest BCUT2D eigenvalue weighted by Gasteiger charge is -2.26. The number of sulfonamides is 1. The predicted molar refractivity (Wildman–Crippen MR) is 118 cm³/mol. The van der Waals surface area contributed by atoms with Gasteiger partial charge in [0.1, 0.15) is 18.1 Å². The third kappa shape index (κ3) is 5.40. The number of nitrogens with one attached hydrogen (secondary N) is 1. The summed E-state index contributed by atoms with van der Waals surface area (Å²) < 4.78 is 46.7. The lowest BCUT2D eigenvalue weighted by Crippen LogP contribution is -2.38. The molecular formula is C23H23FN2O4S. The van der Waals surface area contributed by atoms with E-state index in [1.165, 1.54) is 36.4 Å². The van der Waals surface area contributed by atoms with Gasteiger partial charge in [0.2, 0.25) is 5.91 Å². The molecule has 1 amide bonds. The molecule has 8 heteroatoms. The van der Waals surface area contributed by atoms with Gasteiger partial charge in [-0.1, -0.05) is 29.8 Å². The maximum atomic E-state index is 13.5. The molecule has 1 N–H and O–H groups in total. The topological polar surface area (TPSA) is 75.7 Å². The Hall–Kier alpha value is -3.39. The predicted octanol–water partition coefficient (Wildman–Crippen LogP) is 4.37. The first-order valence-corrected chi connectivity index (χ1v) is 11.1. The Balaban J connectivity index is 1.99. The maximum Gasteiger partial charge on any atom is 0.264 e. The van der Waals surface area contributed by atoms with E-state index < -0.39 is 28.3 Å². The number of benzene rings is 3. The van der Waals surface area contributed by atoms with Crippen LogP contribution in [0, 0.1) is 12.7 Å². The summed E-state index contributed by atoms with van der Waals surface area (Å²) >= 11 is 0. The summed E-state index contributed by atoms with van der Waals surface area (Å²) in [4.78, 5) is 12.8. The average molecular weight is 443 g/mol. The van der Waals surface area contributed by atoms with Crippen LogP contribution in [0.1, 0.15) is 12.5 Å². The first-order valence-electron chi connectivity index (χ1n) is 9.68. The van der Waals surface area contributed by atoms with Gasteiger partial charge in [-0.3, -0.25) is 9.10 Å². The van der Waals surface area contributed by atoms with Crippen LogP contribution in [0.25, 0.3) is 0 Å². The van der Waals surface area contributed by atoms with E-state index in [4.69, 9.17) is 4.74 Å². The van der Waals surface area contributed by atoms with Crippen molar-refractivity contribution in [2.45, 2.75) is 18.7 Å². The van der Waals surface area contributed by atoms with Crippen molar-refractivity contribution in [3.63, 3.8) is 0 Å². The Labute approximate surface area is 181 Å². The van der Waals surface area contributed by atoms with Gasteiger partial charge in [-0.2, -0.15) is 0 Å². The van der Waals surface area contributed by atoms with E-state index >= 15 is 0 Å². The highest BCUT2D eigenvalue weighted by molar-refractivity contribution is 7.92. The first kappa shape index (κ1) is 22.3. The van der Waals surface area contributed by atoms with Crippen molar-refractivity contribution in [3.8, 4) is 5.75 Å². The van der Waals surface area contributed by atoms with Gasteiger partial charge in [0.25, 0.3) is 10.0 Å². The fourth-order valence-corrected chi connectivity index (χ4v) is 4.37. The largest absolute Gasteiger partial charge is 0.492 e. The minimum Gasteiger partial charge on any atom is -0.492 e. The number of anilines is 2. The quantitative estimate of drug-likeness (QED) is 0.562. The molecule has 0 heterocycles. The van der Waals surface area contributed by atoms with Gasteiger partial charge < -0.3 is 10.1 Å². The molecular weight excluding hydrogens is 419 g/mol. The molecule has 0 fully saturated rings. The van der Waals surface area contributed by atoms with Crippen LogP contribution >= 0.6 is 0 Å². The normalized spacial score (nSPS) is 11.1. The smallest absolute Gasteiger partial charge is 0.264 e. The number of amides is 1. The van der Waals surface area contributed by atoms with Crippen LogP contribution in [0.15, 0.2) is 77.7 Å². The van der Waals surface area contributed by atoms with E-state index in [2.05, 4.69) is 5.32 Å². The zero-order chi connectivity index (χ0) is 22.4. The van der Waals surface area contributed by atoms with E-state index in [0.717, 1.165) is 9.87 Å². The van der Waals surface area contributed by atoms with Crippen molar-refractivity contribution in [1.82, 2.24) is 0 Å². The summed E-state index contributed by atoms with van der Waals surface area (Å²) in [6, 6.07) is 18.2. The maximum absolute atomic E-state index is 13.5. The molecule has 0 aliphatic carbocycles. The van der Waals surface area contributed by atoms with Crippen molar-refractivity contribution >= 4 is 27.3 Å². The van der Waals surface area contributed by atoms with Crippen LogP contribution in [0.3, 0.4) is 0 Å². The molecule has 31 heavy (non-hydrogen) atoms. The highest BCUT2D eigenvalue weighted by Crippen LogP contribution is 2.32. The summed E-state index contributed by atoms with van der Waals surface area (Å²) in [5, 5.41) is 2.60. The Kier molecular flexibility index (Phi) is 6.91. The van der Waals surface area contributed by atoms with Crippen molar-refractivity contribution in [2.24, 2.45) is 0 Å². The van der Waals surface area contributed by atoms with Crippen molar-refractivity contribution in [1.29, 1.82) is 0 Å². The number of hydrogen-bond acceptors (Lipinski definition) is 4. The fourth-order valence-electron chi connectivity index (χ4n) is 2.94. The van der Waals surface area contributed by atoms with Crippen LogP contribution in [0.4, 0.5) is 15.8 Å². The molecule has 3 aromatic carbocycles. The molecule has 0 radical (unpaired) electrons. The van der Waals surface area contributed by atoms with Crippen LogP contribution in [0.5, 0.6) is 5.75 Å². The zero-order valence-corrected chi connectivity index (χ0v) is 18.0. The number of nitrogens with zero attached hydrogens (tertiary/aromatic N) is 1. The van der Waals surface area contributed by atoms with Crippen LogP contribution in [-0.2, 0) is 14.8 Å². The van der Waals surface area contributed by atoms with Crippen LogP contribution < -0.4 is 14.4 Å². The molecule has 0 unspecified atom stereocenters. The molecule has 0 atom stereocenters. The van der Waals surface area contributed by atoms with Gasteiger partial charge in [0.05, 0.1) is 17.2 Å². The number of halogens is 1. The second-order valence-electron chi connectivity index (χ2n) is 6.78. The average Bonchev–Trinajstić information content (AvgIpc) is 2.75. The number of carbonyl (C=O) groups excluding carboxylic acids is 1.